The van der Waals surface area contributed by atoms with Crippen LogP contribution >= 0.6 is 23.2 Å². The molecule has 2 aromatic rings. The van der Waals surface area contributed by atoms with E-state index in [-0.39, 0.29) is 23.7 Å². The predicted molar refractivity (Wildman–Crippen MR) is 104 cm³/mol. The summed E-state index contributed by atoms with van der Waals surface area (Å²) in [5.74, 6) is -0.921. The number of rotatable bonds is 6. The van der Waals surface area contributed by atoms with Gasteiger partial charge in [0.25, 0.3) is 5.91 Å². The highest BCUT2D eigenvalue weighted by atomic mass is 35.5. The number of likely N-dealkylation sites (N-methyl/N-ethyl adjacent to an activating group) is 1. The van der Waals surface area contributed by atoms with E-state index in [1.807, 2.05) is 6.92 Å². The molecule has 1 aromatic heterocycles. The molecule has 9 heteroatoms. The summed E-state index contributed by atoms with van der Waals surface area (Å²) in [6, 6.07) is 7.96. The lowest BCUT2D eigenvalue weighted by atomic mass is 10.2. The molecule has 3 amide bonds. The highest BCUT2D eigenvalue weighted by Crippen LogP contribution is 2.20. The molecule has 142 valence electrons. The van der Waals surface area contributed by atoms with Gasteiger partial charge in [0.15, 0.2) is 0 Å². The first-order valence-electron chi connectivity index (χ1n) is 7.96. The van der Waals surface area contributed by atoms with Gasteiger partial charge in [-0.15, -0.1) is 0 Å². The van der Waals surface area contributed by atoms with Crippen molar-refractivity contribution in [2.75, 3.05) is 25.5 Å². The van der Waals surface area contributed by atoms with Crippen LogP contribution in [0.4, 0.5) is 5.82 Å². The number of hydrogen-bond acceptors (Lipinski definition) is 4. The van der Waals surface area contributed by atoms with Crippen molar-refractivity contribution < 1.29 is 14.4 Å². The molecule has 2 N–H and O–H groups in total. The number of benzene rings is 1. The van der Waals surface area contributed by atoms with Crippen LogP contribution in [-0.4, -0.2) is 47.7 Å². The second-order valence-corrected chi connectivity index (χ2v) is 6.67. The van der Waals surface area contributed by atoms with Crippen LogP contribution in [-0.2, 0) is 9.59 Å². The van der Waals surface area contributed by atoms with Gasteiger partial charge in [-0.25, -0.2) is 4.98 Å². The molecule has 0 atom stereocenters. The SMILES string of the molecule is Cc1ccnc(NC(=O)CN(C)C(=O)CNC(=O)c2ccc(Cl)cc2Cl)c1. The number of carbonyl (C=O) groups is 3. The Morgan fingerprint density at radius 2 is 1.89 bits per heavy atom. The molecule has 1 heterocycles. The minimum Gasteiger partial charge on any atom is -0.343 e. The lowest BCUT2D eigenvalue weighted by Crippen LogP contribution is -2.41. The topological polar surface area (TPSA) is 91.4 Å². The van der Waals surface area contributed by atoms with Crippen molar-refractivity contribution in [3.63, 3.8) is 0 Å². The second kappa shape index (κ2) is 9.34. The summed E-state index contributed by atoms with van der Waals surface area (Å²) in [6.07, 6.45) is 1.58. The average molecular weight is 409 g/mol. The molecule has 0 aliphatic carbocycles. The van der Waals surface area contributed by atoms with Crippen molar-refractivity contribution in [1.82, 2.24) is 15.2 Å². The molecule has 0 fully saturated rings. The van der Waals surface area contributed by atoms with Crippen LogP contribution in [0.3, 0.4) is 0 Å². The summed E-state index contributed by atoms with van der Waals surface area (Å²) in [7, 11) is 1.47. The first-order valence-corrected chi connectivity index (χ1v) is 8.71. The third kappa shape index (κ3) is 6.23. The van der Waals surface area contributed by atoms with Gasteiger partial charge >= 0.3 is 0 Å². The second-order valence-electron chi connectivity index (χ2n) is 5.82. The molecule has 2 rings (SSSR count). The minimum absolute atomic E-state index is 0.175. The third-order valence-corrected chi connectivity index (χ3v) is 4.11. The van der Waals surface area contributed by atoms with E-state index in [2.05, 4.69) is 15.6 Å². The van der Waals surface area contributed by atoms with Gasteiger partial charge in [0.2, 0.25) is 11.8 Å². The van der Waals surface area contributed by atoms with Crippen LogP contribution in [0.2, 0.25) is 10.0 Å². The molecule has 0 saturated carbocycles. The molecule has 0 spiro atoms. The van der Waals surface area contributed by atoms with Crippen LogP contribution in [0.5, 0.6) is 0 Å². The van der Waals surface area contributed by atoms with Crippen molar-refractivity contribution in [3.8, 4) is 0 Å². The molecular formula is C18H18Cl2N4O3. The summed E-state index contributed by atoms with van der Waals surface area (Å²) in [5, 5.41) is 5.67. The fraction of sp³-hybridized carbons (Fsp3) is 0.222. The quantitative estimate of drug-likeness (QED) is 0.767. The lowest BCUT2D eigenvalue weighted by Gasteiger charge is -2.17. The van der Waals surface area contributed by atoms with Crippen LogP contribution < -0.4 is 10.6 Å². The Morgan fingerprint density at radius 3 is 2.56 bits per heavy atom. The molecular weight excluding hydrogens is 391 g/mol. The molecule has 0 saturated heterocycles. The van der Waals surface area contributed by atoms with E-state index in [9.17, 15) is 14.4 Å². The van der Waals surface area contributed by atoms with Crippen LogP contribution in [0.15, 0.2) is 36.5 Å². The Bertz CT molecular complexity index is 873. The number of halogens is 2. The number of hydrogen-bond donors (Lipinski definition) is 2. The van der Waals surface area contributed by atoms with Crippen LogP contribution in [0.1, 0.15) is 15.9 Å². The number of nitrogens with one attached hydrogen (secondary N) is 2. The summed E-state index contributed by atoms with van der Waals surface area (Å²) < 4.78 is 0. The van der Waals surface area contributed by atoms with Crippen molar-refractivity contribution >= 4 is 46.7 Å². The normalized spacial score (nSPS) is 10.2. The van der Waals surface area contributed by atoms with Crippen LogP contribution in [0.25, 0.3) is 0 Å². The number of amides is 3. The summed E-state index contributed by atoms with van der Waals surface area (Å²) >= 11 is 11.7. The van der Waals surface area contributed by atoms with E-state index in [1.165, 1.54) is 30.1 Å². The maximum atomic E-state index is 12.1. The molecule has 1 aromatic carbocycles. The number of nitrogens with zero attached hydrogens (tertiary/aromatic N) is 2. The fourth-order valence-corrected chi connectivity index (χ4v) is 2.64. The smallest absolute Gasteiger partial charge is 0.253 e. The Hall–Kier alpha value is -2.64. The zero-order chi connectivity index (χ0) is 20.0. The molecule has 0 radical (unpaired) electrons. The van der Waals surface area contributed by atoms with Gasteiger partial charge in [0.1, 0.15) is 5.82 Å². The standard InChI is InChI=1S/C18H18Cl2N4O3/c1-11-5-6-21-15(7-11)23-16(25)10-24(2)17(26)9-22-18(27)13-4-3-12(19)8-14(13)20/h3-8H,9-10H2,1-2H3,(H,22,27)(H,21,23,25). The van der Waals surface area contributed by atoms with E-state index in [0.717, 1.165) is 5.56 Å². The Balaban J connectivity index is 1.84. The number of carbonyl (C=O) groups excluding carboxylic acids is 3. The maximum Gasteiger partial charge on any atom is 0.253 e. The number of aromatic nitrogens is 1. The minimum atomic E-state index is -0.508. The van der Waals surface area contributed by atoms with Crippen molar-refractivity contribution in [2.45, 2.75) is 6.92 Å². The largest absolute Gasteiger partial charge is 0.343 e. The van der Waals surface area contributed by atoms with E-state index in [0.29, 0.717) is 10.8 Å². The van der Waals surface area contributed by atoms with Gasteiger partial charge in [-0.1, -0.05) is 23.2 Å². The molecule has 7 nitrogen and oxygen atoms in total. The summed E-state index contributed by atoms with van der Waals surface area (Å²) in [6.45, 7) is 1.43. The van der Waals surface area contributed by atoms with Gasteiger partial charge in [0.05, 0.1) is 23.7 Å². The van der Waals surface area contributed by atoms with Gasteiger partial charge in [-0.2, -0.15) is 0 Å². The van der Waals surface area contributed by atoms with Gasteiger partial charge < -0.3 is 15.5 Å². The Morgan fingerprint density at radius 1 is 1.15 bits per heavy atom. The monoisotopic (exact) mass is 408 g/mol. The number of aryl methyl sites for hydroxylation is 1. The predicted octanol–water partition coefficient (Wildman–Crippen LogP) is 2.52. The fourth-order valence-electron chi connectivity index (χ4n) is 2.15. The van der Waals surface area contributed by atoms with Crippen molar-refractivity contribution in [2.24, 2.45) is 0 Å². The van der Waals surface area contributed by atoms with Crippen molar-refractivity contribution in [1.29, 1.82) is 0 Å². The summed E-state index contributed by atoms with van der Waals surface area (Å²) in [5.41, 5.74) is 1.16. The van der Waals surface area contributed by atoms with E-state index in [4.69, 9.17) is 23.2 Å². The van der Waals surface area contributed by atoms with Gasteiger partial charge in [-0.05, 0) is 42.8 Å². The lowest BCUT2D eigenvalue weighted by molar-refractivity contribution is -0.132. The van der Waals surface area contributed by atoms with Crippen LogP contribution in [0, 0.1) is 6.92 Å². The first kappa shape index (κ1) is 20.7. The van der Waals surface area contributed by atoms with Crippen molar-refractivity contribution in [3.05, 3.63) is 57.7 Å². The molecule has 0 aliphatic rings. The number of anilines is 1. The maximum absolute atomic E-state index is 12.1. The third-order valence-electron chi connectivity index (χ3n) is 3.57. The van der Waals surface area contributed by atoms with Gasteiger partial charge in [0, 0.05) is 18.3 Å². The Labute approximate surface area is 166 Å². The van der Waals surface area contributed by atoms with E-state index < -0.39 is 17.7 Å². The summed E-state index contributed by atoms with van der Waals surface area (Å²) in [4.78, 5) is 41.5. The number of pyridine rings is 1. The Kier molecular flexibility index (Phi) is 7.15. The molecule has 27 heavy (non-hydrogen) atoms. The first-order chi connectivity index (χ1) is 12.8. The van der Waals surface area contributed by atoms with E-state index in [1.54, 1.807) is 18.3 Å². The highest BCUT2D eigenvalue weighted by molar-refractivity contribution is 6.36. The molecule has 0 aliphatic heterocycles. The molecule has 0 bridgehead atoms. The average Bonchev–Trinajstić information content (AvgIpc) is 2.59. The highest BCUT2D eigenvalue weighted by Gasteiger charge is 2.16. The zero-order valence-corrected chi connectivity index (χ0v) is 16.3. The van der Waals surface area contributed by atoms with Gasteiger partial charge in [-0.3, -0.25) is 14.4 Å². The van der Waals surface area contributed by atoms with E-state index >= 15 is 0 Å². The molecule has 0 unspecified atom stereocenters. The zero-order valence-electron chi connectivity index (χ0n) is 14.8.